The molecule has 4 atom stereocenters. The minimum atomic E-state index is -0.391. The number of hydrogen-bond donors (Lipinski definition) is 1. The standard InChI is InChI=1S/C34H45FN4O4/c1-41-30(23-43-29-12-10-25(21-36)11-13-29)22-38-18-14-26(15-19-38)34(24-39-16-5-17-39,27-6-3-7-28(35)20-27)31-8-4-9-32(31)37-33(40)42-2/h3,6-7,10-13,20,26,30-32H,4-5,8-9,14-19,22-24H2,1-2H3,(H,37,40)/t30?,31-,32-,34?/m0/s1. The van der Waals surface area contributed by atoms with E-state index in [1.807, 2.05) is 18.2 Å². The van der Waals surface area contributed by atoms with Gasteiger partial charge in [0.1, 0.15) is 24.3 Å². The maximum Gasteiger partial charge on any atom is 0.407 e. The highest BCUT2D eigenvalue weighted by molar-refractivity contribution is 5.67. The minimum absolute atomic E-state index is 0.00716. The first-order valence-corrected chi connectivity index (χ1v) is 15.7. The first-order valence-electron chi connectivity index (χ1n) is 15.7. The van der Waals surface area contributed by atoms with Gasteiger partial charge in [0.2, 0.25) is 0 Å². The largest absolute Gasteiger partial charge is 0.491 e. The average molecular weight is 593 g/mol. The topological polar surface area (TPSA) is 87.1 Å². The Morgan fingerprint density at radius 2 is 1.81 bits per heavy atom. The number of carbonyl (C=O) groups excluding carboxylic acids is 1. The van der Waals surface area contributed by atoms with E-state index in [9.17, 15) is 9.18 Å². The molecule has 8 nitrogen and oxygen atoms in total. The molecule has 2 saturated heterocycles. The van der Waals surface area contributed by atoms with Gasteiger partial charge in [0.15, 0.2) is 0 Å². The van der Waals surface area contributed by atoms with Gasteiger partial charge in [0.25, 0.3) is 0 Å². The van der Waals surface area contributed by atoms with Crippen LogP contribution in [0.25, 0.3) is 0 Å². The second-order valence-corrected chi connectivity index (χ2v) is 12.3. The van der Waals surface area contributed by atoms with Gasteiger partial charge in [-0.3, -0.25) is 0 Å². The molecule has 0 bridgehead atoms. The molecule has 2 unspecified atom stereocenters. The zero-order chi connectivity index (χ0) is 30.2. The van der Waals surface area contributed by atoms with Crippen LogP contribution in [0.2, 0.25) is 0 Å². The summed E-state index contributed by atoms with van der Waals surface area (Å²) in [6.07, 6.45) is 5.61. The Morgan fingerprint density at radius 1 is 1.05 bits per heavy atom. The van der Waals surface area contributed by atoms with E-state index in [0.29, 0.717) is 18.1 Å². The minimum Gasteiger partial charge on any atom is -0.491 e. The average Bonchev–Trinajstić information content (AvgIpc) is 3.48. The summed E-state index contributed by atoms with van der Waals surface area (Å²) in [6, 6.07) is 16.5. The number of piperidine rings is 1. The fourth-order valence-corrected chi connectivity index (χ4v) is 7.67. The summed E-state index contributed by atoms with van der Waals surface area (Å²) in [5, 5.41) is 12.2. The number of nitrogens with one attached hydrogen (secondary N) is 1. The highest BCUT2D eigenvalue weighted by Crippen LogP contribution is 2.51. The summed E-state index contributed by atoms with van der Waals surface area (Å²) in [7, 11) is 3.13. The molecule has 1 aliphatic carbocycles. The van der Waals surface area contributed by atoms with E-state index in [-0.39, 0.29) is 29.3 Å². The lowest BCUT2D eigenvalue weighted by molar-refractivity contribution is -0.00125. The molecule has 1 saturated carbocycles. The van der Waals surface area contributed by atoms with E-state index in [4.69, 9.17) is 19.5 Å². The van der Waals surface area contributed by atoms with Crippen LogP contribution in [0.15, 0.2) is 48.5 Å². The summed E-state index contributed by atoms with van der Waals surface area (Å²) in [6.45, 7) is 6.02. The van der Waals surface area contributed by atoms with E-state index in [2.05, 4.69) is 27.3 Å². The lowest BCUT2D eigenvalue weighted by atomic mass is 9.57. The number of alkyl carbamates (subject to hydrolysis) is 1. The Labute approximate surface area is 255 Å². The molecule has 2 aromatic rings. The Bertz CT molecular complexity index is 1240. The summed E-state index contributed by atoms with van der Waals surface area (Å²) < 4.78 is 31.7. The molecule has 5 rings (SSSR count). The van der Waals surface area contributed by atoms with Crippen molar-refractivity contribution in [2.75, 3.05) is 60.1 Å². The van der Waals surface area contributed by atoms with Crippen molar-refractivity contribution < 1.29 is 23.4 Å². The van der Waals surface area contributed by atoms with Gasteiger partial charge in [-0.1, -0.05) is 18.6 Å². The molecule has 3 aliphatic rings. The second-order valence-electron chi connectivity index (χ2n) is 12.3. The number of likely N-dealkylation sites (tertiary alicyclic amines) is 2. The predicted molar refractivity (Wildman–Crippen MR) is 162 cm³/mol. The van der Waals surface area contributed by atoms with Crippen LogP contribution in [0.1, 0.15) is 49.7 Å². The number of amides is 1. The molecule has 43 heavy (non-hydrogen) atoms. The van der Waals surface area contributed by atoms with Crippen molar-refractivity contribution >= 4 is 6.09 Å². The van der Waals surface area contributed by atoms with Crippen LogP contribution < -0.4 is 10.1 Å². The molecule has 9 heteroatoms. The quantitative estimate of drug-likeness (QED) is 0.372. The van der Waals surface area contributed by atoms with Crippen molar-refractivity contribution in [2.45, 2.75) is 56.1 Å². The number of hydrogen-bond acceptors (Lipinski definition) is 7. The Balaban J connectivity index is 1.33. The van der Waals surface area contributed by atoms with Gasteiger partial charge < -0.3 is 29.3 Å². The lowest BCUT2D eigenvalue weighted by Gasteiger charge is -2.53. The van der Waals surface area contributed by atoms with Crippen LogP contribution in [0.5, 0.6) is 5.75 Å². The van der Waals surface area contributed by atoms with E-state index in [1.165, 1.54) is 19.6 Å². The van der Waals surface area contributed by atoms with Gasteiger partial charge in [-0.15, -0.1) is 0 Å². The van der Waals surface area contributed by atoms with Crippen molar-refractivity contribution in [3.63, 3.8) is 0 Å². The third-order valence-electron chi connectivity index (χ3n) is 9.99. The molecule has 1 amide bonds. The predicted octanol–water partition coefficient (Wildman–Crippen LogP) is 4.97. The van der Waals surface area contributed by atoms with Crippen molar-refractivity contribution in [2.24, 2.45) is 11.8 Å². The Kier molecular flexibility index (Phi) is 10.6. The number of nitrogens with zero attached hydrogens (tertiary/aromatic N) is 3. The van der Waals surface area contributed by atoms with Crippen LogP contribution in [0.4, 0.5) is 9.18 Å². The smallest absolute Gasteiger partial charge is 0.407 e. The maximum absolute atomic E-state index is 14.9. The van der Waals surface area contributed by atoms with Crippen LogP contribution in [-0.4, -0.2) is 88.1 Å². The van der Waals surface area contributed by atoms with E-state index < -0.39 is 6.09 Å². The molecule has 2 heterocycles. The monoisotopic (exact) mass is 592 g/mol. The van der Waals surface area contributed by atoms with Crippen LogP contribution in [0, 0.1) is 29.0 Å². The maximum atomic E-state index is 14.9. The molecule has 232 valence electrons. The molecule has 1 N–H and O–H groups in total. The first-order chi connectivity index (χ1) is 20.9. The number of ether oxygens (including phenoxy) is 3. The Hall–Kier alpha value is -3.19. The molecular formula is C34H45FN4O4. The molecule has 0 spiro atoms. The molecule has 0 aromatic heterocycles. The highest BCUT2D eigenvalue weighted by atomic mass is 19.1. The van der Waals surface area contributed by atoms with Crippen molar-refractivity contribution in [1.82, 2.24) is 15.1 Å². The van der Waals surface area contributed by atoms with Gasteiger partial charge in [-0.2, -0.15) is 5.26 Å². The zero-order valence-electron chi connectivity index (χ0n) is 25.5. The summed E-state index contributed by atoms with van der Waals surface area (Å²) in [5.41, 5.74) is 1.38. The van der Waals surface area contributed by atoms with Gasteiger partial charge in [0.05, 0.1) is 18.7 Å². The summed E-state index contributed by atoms with van der Waals surface area (Å²) >= 11 is 0. The lowest BCUT2D eigenvalue weighted by Crippen LogP contribution is -2.59. The second kappa shape index (κ2) is 14.5. The molecular weight excluding hydrogens is 547 g/mol. The van der Waals surface area contributed by atoms with Crippen LogP contribution in [0.3, 0.4) is 0 Å². The fraction of sp³-hybridized carbons (Fsp3) is 0.588. The fourth-order valence-electron chi connectivity index (χ4n) is 7.67. The van der Waals surface area contributed by atoms with Gasteiger partial charge in [0, 0.05) is 31.7 Å². The highest BCUT2D eigenvalue weighted by Gasteiger charge is 2.53. The van der Waals surface area contributed by atoms with Gasteiger partial charge >= 0.3 is 6.09 Å². The molecule has 0 radical (unpaired) electrons. The SMILES string of the molecule is COC(=O)N[C@H]1CCC[C@@H]1C(CN1CCC1)(c1cccc(F)c1)C1CCN(CC(COc2ccc(C#N)cc2)OC)CC1. The number of methoxy groups -OCH3 is 2. The normalized spacial score (nSPS) is 23.5. The number of carbonyl (C=O) groups is 1. The van der Waals surface area contributed by atoms with Gasteiger partial charge in [-0.05, 0) is 112 Å². The van der Waals surface area contributed by atoms with Crippen molar-refractivity contribution in [3.05, 3.63) is 65.5 Å². The molecule has 3 fully saturated rings. The third-order valence-corrected chi connectivity index (χ3v) is 9.99. The number of benzene rings is 2. The summed E-state index contributed by atoms with van der Waals surface area (Å²) in [5.74, 6) is 1.05. The van der Waals surface area contributed by atoms with Crippen LogP contribution in [-0.2, 0) is 14.9 Å². The number of rotatable bonds is 12. The summed E-state index contributed by atoms with van der Waals surface area (Å²) in [4.78, 5) is 17.4. The Morgan fingerprint density at radius 3 is 2.44 bits per heavy atom. The van der Waals surface area contributed by atoms with Crippen LogP contribution >= 0.6 is 0 Å². The van der Waals surface area contributed by atoms with E-state index in [0.717, 1.165) is 82.7 Å². The molecule has 2 aromatic carbocycles. The molecule has 2 aliphatic heterocycles. The third kappa shape index (κ3) is 7.31. The van der Waals surface area contributed by atoms with Crippen molar-refractivity contribution in [3.8, 4) is 11.8 Å². The first kappa shape index (κ1) is 31.2. The van der Waals surface area contributed by atoms with E-state index in [1.54, 1.807) is 25.3 Å². The zero-order valence-corrected chi connectivity index (χ0v) is 25.5. The number of halogens is 1. The number of nitriles is 1. The van der Waals surface area contributed by atoms with E-state index >= 15 is 0 Å². The van der Waals surface area contributed by atoms with Gasteiger partial charge in [-0.25, -0.2) is 9.18 Å². The van der Waals surface area contributed by atoms with Crippen molar-refractivity contribution in [1.29, 1.82) is 5.26 Å².